The highest BCUT2D eigenvalue weighted by Gasteiger charge is 2.14. The molecule has 21 heavy (non-hydrogen) atoms. The van der Waals surface area contributed by atoms with Gasteiger partial charge in [-0.15, -0.1) is 11.3 Å². The molecule has 0 aliphatic heterocycles. The number of carbonyl (C=O) groups excluding carboxylic acids is 1. The number of nitrogens with one attached hydrogen (secondary N) is 1. The monoisotopic (exact) mass is 302 g/mol. The summed E-state index contributed by atoms with van der Waals surface area (Å²) >= 11 is 1.53. The molecule has 2 N–H and O–H groups in total. The Kier molecular flexibility index (Phi) is 3.98. The molecule has 5 nitrogen and oxygen atoms in total. The maximum atomic E-state index is 11.8. The van der Waals surface area contributed by atoms with Gasteiger partial charge in [-0.2, -0.15) is 0 Å². The Hall–Kier alpha value is -2.18. The third-order valence-electron chi connectivity index (χ3n) is 2.95. The lowest BCUT2D eigenvalue weighted by Gasteiger charge is -2.00. The fraction of sp³-hybridized carbons (Fsp3) is 0.200. The summed E-state index contributed by atoms with van der Waals surface area (Å²) in [6.07, 6.45) is 0.525. The number of hydrogen-bond acceptors (Lipinski definition) is 5. The van der Waals surface area contributed by atoms with Crippen LogP contribution >= 0.6 is 11.3 Å². The van der Waals surface area contributed by atoms with E-state index in [1.165, 1.54) is 11.3 Å². The zero-order valence-corrected chi connectivity index (χ0v) is 12.0. The maximum absolute atomic E-state index is 11.8. The Bertz CT molecular complexity index is 730. The molecule has 0 aliphatic carbocycles. The first-order valence-electron chi connectivity index (χ1n) is 6.63. The minimum absolute atomic E-state index is 0.0510. The zero-order chi connectivity index (χ0) is 14.7. The molecule has 0 saturated carbocycles. The van der Waals surface area contributed by atoms with Crippen LogP contribution in [0.3, 0.4) is 0 Å². The summed E-state index contributed by atoms with van der Waals surface area (Å²) in [5.41, 5.74) is 0.919. The molecule has 3 rings (SSSR count). The van der Waals surface area contributed by atoms with Crippen molar-refractivity contribution in [2.24, 2.45) is 0 Å². The van der Waals surface area contributed by atoms with Crippen molar-refractivity contribution >= 4 is 27.5 Å². The summed E-state index contributed by atoms with van der Waals surface area (Å²) in [7, 11) is 0. The largest absolute Gasteiger partial charge is 0.448 e. The van der Waals surface area contributed by atoms with E-state index in [0.717, 1.165) is 15.2 Å². The van der Waals surface area contributed by atoms with E-state index in [1.54, 1.807) is 12.1 Å². The number of furan rings is 1. The number of para-hydroxylation sites is 1. The molecule has 2 heterocycles. The summed E-state index contributed by atoms with van der Waals surface area (Å²) in [5.74, 6) is 0.557. The smallest absolute Gasteiger partial charge is 0.287 e. The third kappa shape index (κ3) is 2.96. The van der Waals surface area contributed by atoms with Crippen LogP contribution in [0.1, 0.15) is 17.0 Å². The number of thiazole rings is 1. The fourth-order valence-corrected chi connectivity index (χ4v) is 2.85. The van der Waals surface area contributed by atoms with Gasteiger partial charge in [0.2, 0.25) is 0 Å². The van der Waals surface area contributed by atoms with Crippen molar-refractivity contribution in [2.75, 3.05) is 13.2 Å². The minimum Gasteiger partial charge on any atom is -0.448 e. The maximum Gasteiger partial charge on any atom is 0.287 e. The molecule has 1 amide bonds. The van der Waals surface area contributed by atoms with Gasteiger partial charge in [0.15, 0.2) is 16.5 Å². The highest BCUT2D eigenvalue weighted by molar-refractivity contribution is 7.21. The summed E-state index contributed by atoms with van der Waals surface area (Å²) < 4.78 is 6.65. The first-order valence-corrected chi connectivity index (χ1v) is 7.44. The van der Waals surface area contributed by atoms with E-state index in [9.17, 15) is 4.79 Å². The second kappa shape index (κ2) is 6.07. The Morgan fingerprint density at radius 3 is 2.95 bits per heavy atom. The number of carbonyl (C=O) groups is 1. The second-order valence-electron chi connectivity index (χ2n) is 4.48. The van der Waals surface area contributed by atoms with Gasteiger partial charge in [0, 0.05) is 13.2 Å². The molecule has 0 bridgehead atoms. The molecule has 2 aromatic heterocycles. The molecule has 0 unspecified atom stereocenters. The predicted molar refractivity (Wildman–Crippen MR) is 81.4 cm³/mol. The predicted octanol–water partition coefficient (Wildman–Crippen LogP) is 2.67. The lowest BCUT2D eigenvalue weighted by Crippen LogP contribution is -2.24. The molecule has 0 atom stereocenters. The summed E-state index contributed by atoms with van der Waals surface area (Å²) in [6.45, 7) is 0.474. The lowest BCUT2D eigenvalue weighted by molar-refractivity contribution is 0.0924. The quantitative estimate of drug-likeness (QED) is 0.711. The van der Waals surface area contributed by atoms with Crippen LogP contribution in [0, 0.1) is 0 Å². The van der Waals surface area contributed by atoms with E-state index >= 15 is 0 Å². The van der Waals surface area contributed by atoms with E-state index in [-0.39, 0.29) is 18.3 Å². The number of fused-ring (bicyclic) bond motifs is 1. The minimum atomic E-state index is -0.282. The summed E-state index contributed by atoms with van der Waals surface area (Å²) in [6, 6.07) is 11.2. The van der Waals surface area contributed by atoms with Gasteiger partial charge >= 0.3 is 0 Å². The van der Waals surface area contributed by atoms with Crippen molar-refractivity contribution in [1.82, 2.24) is 10.3 Å². The molecular weight excluding hydrogens is 288 g/mol. The number of aliphatic hydroxyl groups is 1. The molecule has 0 saturated heterocycles. The molecule has 3 aromatic rings. The van der Waals surface area contributed by atoms with Crippen LogP contribution in [0.4, 0.5) is 0 Å². The van der Waals surface area contributed by atoms with Gasteiger partial charge in [-0.1, -0.05) is 12.1 Å². The Balaban J connectivity index is 1.79. The number of benzene rings is 1. The van der Waals surface area contributed by atoms with E-state index < -0.39 is 0 Å². The van der Waals surface area contributed by atoms with Crippen LogP contribution in [0.15, 0.2) is 40.8 Å². The van der Waals surface area contributed by atoms with Gasteiger partial charge in [0.05, 0.1) is 10.2 Å². The van der Waals surface area contributed by atoms with E-state index in [2.05, 4.69) is 10.3 Å². The molecule has 6 heteroatoms. The van der Waals surface area contributed by atoms with Crippen molar-refractivity contribution in [3.63, 3.8) is 0 Å². The number of hydrogen-bond donors (Lipinski definition) is 2. The first kappa shape index (κ1) is 13.8. The Morgan fingerprint density at radius 2 is 2.14 bits per heavy atom. The number of aromatic nitrogens is 1. The van der Waals surface area contributed by atoms with Gasteiger partial charge in [0.25, 0.3) is 5.91 Å². The molecular formula is C15H14N2O3S. The summed E-state index contributed by atoms with van der Waals surface area (Å²) in [4.78, 5) is 16.3. The lowest BCUT2D eigenvalue weighted by atomic mass is 10.3. The normalized spacial score (nSPS) is 10.9. The molecule has 0 radical (unpaired) electrons. The van der Waals surface area contributed by atoms with Crippen molar-refractivity contribution in [3.05, 3.63) is 42.2 Å². The Morgan fingerprint density at radius 1 is 1.29 bits per heavy atom. The van der Waals surface area contributed by atoms with E-state index in [4.69, 9.17) is 9.52 Å². The van der Waals surface area contributed by atoms with Crippen LogP contribution in [0.25, 0.3) is 21.0 Å². The van der Waals surface area contributed by atoms with Gasteiger partial charge in [-0.05, 0) is 30.7 Å². The van der Waals surface area contributed by atoms with Gasteiger partial charge in [0.1, 0.15) is 0 Å². The fourth-order valence-electron chi connectivity index (χ4n) is 1.92. The van der Waals surface area contributed by atoms with E-state index in [1.807, 2.05) is 24.3 Å². The molecule has 0 fully saturated rings. The number of amides is 1. The Labute approximate surface area is 125 Å². The third-order valence-corrected chi connectivity index (χ3v) is 4.01. The molecule has 1 aromatic carbocycles. The van der Waals surface area contributed by atoms with Crippen molar-refractivity contribution in [3.8, 4) is 10.8 Å². The van der Waals surface area contributed by atoms with E-state index in [0.29, 0.717) is 18.7 Å². The standard InChI is InChI=1S/C15H14N2O3S/c18-9-3-8-16-14(19)11-6-7-12(20-11)15-17-10-4-1-2-5-13(10)21-15/h1-2,4-7,18H,3,8-9H2,(H,16,19). The second-order valence-corrected chi connectivity index (χ2v) is 5.51. The highest BCUT2D eigenvalue weighted by atomic mass is 32.1. The molecule has 0 spiro atoms. The number of nitrogens with zero attached hydrogens (tertiary/aromatic N) is 1. The van der Waals surface area contributed by atoms with Gasteiger partial charge in [-0.3, -0.25) is 4.79 Å². The average molecular weight is 302 g/mol. The SMILES string of the molecule is O=C(NCCCO)c1ccc(-c2nc3ccccc3s2)o1. The average Bonchev–Trinajstić information content (AvgIpc) is 3.13. The van der Waals surface area contributed by atoms with Gasteiger partial charge in [-0.25, -0.2) is 4.98 Å². The zero-order valence-electron chi connectivity index (χ0n) is 11.2. The highest BCUT2D eigenvalue weighted by Crippen LogP contribution is 2.30. The van der Waals surface area contributed by atoms with Crippen LogP contribution in [-0.4, -0.2) is 29.1 Å². The molecule has 0 aliphatic rings. The van der Waals surface area contributed by atoms with Crippen LogP contribution in [0.5, 0.6) is 0 Å². The van der Waals surface area contributed by atoms with Gasteiger partial charge < -0.3 is 14.8 Å². The first-order chi connectivity index (χ1) is 10.3. The van der Waals surface area contributed by atoms with Crippen molar-refractivity contribution in [2.45, 2.75) is 6.42 Å². The number of rotatable bonds is 5. The topological polar surface area (TPSA) is 75.4 Å². The van der Waals surface area contributed by atoms with Crippen molar-refractivity contribution < 1.29 is 14.3 Å². The van der Waals surface area contributed by atoms with Crippen LogP contribution in [0.2, 0.25) is 0 Å². The number of aliphatic hydroxyl groups excluding tert-OH is 1. The van der Waals surface area contributed by atoms with Crippen LogP contribution in [-0.2, 0) is 0 Å². The summed E-state index contributed by atoms with van der Waals surface area (Å²) in [5, 5.41) is 12.1. The van der Waals surface area contributed by atoms with Crippen LogP contribution < -0.4 is 5.32 Å². The van der Waals surface area contributed by atoms with Crippen molar-refractivity contribution in [1.29, 1.82) is 0 Å². The molecule has 108 valence electrons.